The van der Waals surface area contributed by atoms with Gasteiger partial charge in [-0.25, -0.2) is 0 Å². The van der Waals surface area contributed by atoms with Gasteiger partial charge in [-0.05, 0) is 36.8 Å². The number of aliphatic hydroxyl groups is 1. The van der Waals surface area contributed by atoms with E-state index in [0.717, 1.165) is 24.2 Å². The molecular weight excluding hydrogens is 188 g/mol. The molecule has 0 fully saturated rings. The predicted octanol–water partition coefficient (Wildman–Crippen LogP) is 2.38. The van der Waals surface area contributed by atoms with Crippen LogP contribution >= 0.6 is 0 Å². The van der Waals surface area contributed by atoms with Gasteiger partial charge in [-0.3, -0.25) is 0 Å². The van der Waals surface area contributed by atoms with Gasteiger partial charge in [0, 0.05) is 12.0 Å². The number of aliphatic hydroxyl groups excluding tert-OH is 1. The van der Waals surface area contributed by atoms with Crippen molar-refractivity contribution < 1.29 is 9.84 Å². The highest BCUT2D eigenvalue weighted by molar-refractivity contribution is 5.49. The van der Waals surface area contributed by atoms with E-state index in [4.69, 9.17) is 4.74 Å². The van der Waals surface area contributed by atoms with E-state index < -0.39 is 0 Å². The average molecular weight is 204 g/mol. The number of benzene rings is 1. The second-order valence-electron chi connectivity index (χ2n) is 4.48. The molecule has 15 heavy (non-hydrogen) atoms. The topological polar surface area (TPSA) is 29.5 Å². The fourth-order valence-corrected chi connectivity index (χ4v) is 2.67. The Balaban J connectivity index is 2.13. The fourth-order valence-electron chi connectivity index (χ4n) is 2.67. The quantitative estimate of drug-likeness (QED) is 0.703. The van der Waals surface area contributed by atoms with Gasteiger partial charge in [-0.2, -0.15) is 0 Å². The highest BCUT2D eigenvalue weighted by Gasteiger charge is 2.24. The molecule has 1 heterocycles. The number of hydrogen-bond acceptors (Lipinski definition) is 2. The average Bonchev–Trinajstić information content (AvgIpc) is 2.29. The van der Waals surface area contributed by atoms with Crippen molar-refractivity contribution in [3.63, 3.8) is 0 Å². The Labute approximate surface area is 89.9 Å². The molecule has 1 N–H and O–H groups in total. The van der Waals surface area contributed by atoms with Crippen LogP contribution in [0.4, 0.5) is 0 Å². The van der Waals surface area contributed by atoms with E-state index in [1.807, 2.05) is 6.07 Å². The third kappa shape index (κ3) is 1.44. The molecule has 0 radical (unpaired) electrons. The Morgan fingerprint density at radius 2 is 2.07 bits per heavy atom. The van der Waals surface area contributed by atoms with Crippen molar-refractivity contribution in [3.05, 3.63) is 28.8 Å². The lowest BCUT2D eigenvalue weighted by atomic mass is 9.87. The van der Waals surface area contributed by atoms with Crippen molar-refractivity contribution in [2.75, 3.05) is 6.61 Å². The zero-order valence-corrected chi connectivity index (χ0v) is 8.83. The van der Waals surface area contributed by atoms with E-state index in [1.54, 1.807) is 0 Å². The van der Waals surface area contributed by atoms with Crippen LogP contribution in [0.2, 0.25) is 0 Å². The van der Waals surface area contributed by atoms with Crippen LogP contribution in [0.3, 0.4) is 0 Å². The first-order chi connectivity index (χ1) is 7.36. The van der Waals surface area contributed by atoms with Crippen LogP contribution in [0.5, 0.6) is 5.75 Å². The van der Waals surface area contributed by atoms with Crippen molar-refractivity contribution in [2.24, 2.45) is 0 Å². The molecule has 1 atom stereocenters. The Morgan fingerprint density at radius 1 is 1.20 bits per heavy atom. The number of ether oxygens (including phenoxy) is 1. The Kier molecular flexibility index (Phi) is 2.17. The summed E-state index contributed by atoms with van der Waals surface area (Å²) in [6, 6.07) is 4.22. The molecule has 0 spiro atoms. The van der Waals surface area contributed by atoms with Crippen molar-refractivity contribution >= 4 is 0 Å². The summed E-state index contributed by atoms with van der Waals surface area (Å²) in [6.07, 6.45) is 5.23. The van der Waals surface area contributed by atoms with E-state index in [-0.39, 0.29) is 6.10 Å². The molecule has 1 aliphatic carbocycles. The lowest BCUT2D eigenvalue weighted by Crippen LogP contribution is -2.17. The zero-order valence-electron chi connectivity index (χ0n) is 8.83. The van der Waals surface area contributed by atoms with Crippen LogP contribution in [0.15, 0.2) is 12.1 Å². The van der Waals surface area contributed by atoms with Crippen LogP contribution in [-0.2, 0) is 12.8 Å². The Morgan fingerprint density at radius 3 is 3.00 bits per heavy atom. The van der Waals surface area contributed by atoms with Crippen molar-refractivity contribution in [2.45, 2.75) is 38.2 Å². The summed E-state index contributed by atoms with van der Waals surface area (Å²) >= 11 is 0. The third-order valence-electron chi connectivity index (χ3n) is 3.51. The second-order valence-corrected chi connectivity index (χ2v) is 4.48. The van der Waals surface area contributed by atoms with Gasteiger partial charge in [-0.15, -0.1) is 0 Å². The summed E-state index contributed by atoms with van der Waals surface area (Å²) in [4.78, 5) is 0. The highest BCUT2D eigenvalue weighted by Crippen LogP contribution is 2.39. The summed E-state index contributed by atoms with van der Waals surface area (Å²) in [7, 11) is 0. The van der Waals surface area contributed by atoms with Gasteiger partial charge in [-0.1, -0.05) is 12.1 Å². The van der Waals surface area contributed by atoms with Crippen LogP contribution in [-0.4, -0.2) is 11.7 Å². The lowest BCUT2D eigenvalue weighted by molar-refractivity contribution is 0.114. The van der Waals surface area contributed by atoms with Gasteiger partial charge in [0.05, 0.1) is 12.7 Å². The minimum absolute atomic E-state index is 0.319. The second kappa shape index (κ2) is 3.53. The minimum atomic E-state index is -0.319. The van der Waals surface area contributed by atoms with Gasteiger partial charge in [0.1, 0.15) is 5.75 Å². The normalized spacial score (nSPS) is 23.9. The first-order valence-corrected chi connectivity index (χ1v) is 5.82. The summed E-state index contributed by atoms with van der Waals surface area (Å²) in [5.74, 6) is 0.992. The SMILES string of the molecule is OC1CCOc2c1ccc1c2CCCC1. The number of aryl methyl sites for hydroxylation is 1. The first kappa shape index (κ1) is 9.22. The van der Waals surface area contributed by atoms with Gasteiger partial charge < -0.3 is 9.84 Å². The molecule has 1 unspecified atom stereocenters. The van der Waals surface area contributed by atoms with Crippen LogP contribution < -0.4 is 4.74 Å². The summed E-state index contributed by atoms with van der Waals surface area (Å²) in [6.45, 7) is 0.657. The largest absolute Gasteiger partial charge is 0.493 e. The molecule has 0 bridgehead atoms. The molecule has 0 saturated heterocycles. The Hall–Kier alpha value is -1.02. The van der Waals surface area contributed by atoms with E-state index in [1.165, 1.54) is 30.4 Å². The molecule has 3 rings (SSSR count). The molecule has 1 aliphatic heterocycles. The lowest BCUT2D eigenvalue weighted by Gasteiger charge is -2.27. The molecule has 80 valence electrons. The van der Waals surface area contributed by atoms with Crippen molar-refractivity contribution in [3.8, 4) is 5.75 Å². The maximum absolute atomic E-state index is 9.88. The minimum Gasteiger partial charge on any atom is -0.493 e. The maximum Gasteiger partial charge on any atom is 0.128 e. The van der Waals surface area contributed by atoms with Crippen LogP contribution in [0, 0.1) is 0 Å². The summed E-state index contributed by atoms with van der Waals surface area (Å²) < 4.78 is 5.73. The maximum atomic E-state index is 9.88. The number of rotatable bonds is 0. The van der Waals surface area contributed by atoms with Gasteiger partial charge in [0.15, 0.2) is 0 Å². The molecule has 1 aromatic rings. The first-order valence-electron chi connectivity index (χ1n) is 5.82. The van der Waals surface area contributed by atoms with E-state index in [9.17, 15) is 5.11 Å². The van der Waals surface area contributed by atoms with Gasteiger partial charge >= 0.3 is 0 Å². The molecule has 0 saturated carbocycles. The van der Waals surface area contributed by atoms with Gasteiger partial charge in [0.25, 0.3) is 0 Å². The van der Waals surface area contributed by atoms with Gasteiger partial charge in [0.2, 0.25) is 0 Å². The molecule has 1 aromatic carbocycles. The van der Waals surface area contributed by atoms with E-state index >= 15 is 0 Å². The molecule has 0 amide bonds. The van der Waals surface area contributed by atoms with Crippen molar-refractivity contribution in [1.82, 2.24) is 0 Å². The molecule has 2 heteroatoms. The smallest absolute Gasteiger partial charge is 0.128 e. The zero-order chi connectivity index (χ0) is 10.3. The van der Waals surface area contributed by atoms with Crippen LogP contribution in [0.25, 0.3) is 0 Å². The summed E-state index contributed by atoms with van der Waals surface area (Å²) in [5, 5.41) is 9.88. The number of fused-ring (bicyclic) bond motifs is 3. The molecular formula is C13H16O2. The Bertz CT molecular complexity index is 384. The molecule has 2 nitrogen and oxygen atoms in total. The fraction of sp³-hybridized carbons (Fsp3) is 0.538. The standard InChI is InChI=1S/C13H16O2/c14-12-7-8-15-13-10-4-2-1-3-9(10)5-6-11(12)13/h5-6,12,14H,1-4,7-8H2. The van der Waals surface area contributed by atoms with E-state index in [0.29, 0.717) is 6.61 Å². The third-order valence-corrected chi connectivity index (χ3v) is 3.51. The monoisotopic (exact) mass is 204 g/mol. The molecule has 2 aliphatic rings. The highest BCUT2D eigenvalue weighted by atomic mass is 16.5. The number of hydrogen-bond donors (Lipinski definition) is 1. The molecule has 0 aromatic heterocycles. The van der Waals surface area contributed by atoms with Crippen LogP contribution in [0.1, 0.15) is 42.1 Å². The van der Waals surface area contributed by atoms with E-state index in [2.05, 4.69) is 6.07 Å². The predicted molar refractivity (Wildman–Crippen MR) is 58.2 cm³/mol. The summed E-state index contributed by atoms with van der Waals surface area (Å²) in [5.41, 5.74) is 3.79. The van der Waals surface area contributed by atoms with Crippen molar-refractivity contribution in [1.29, 1.82) is 0 Å².